The quantitative estimate of drug-likeness (QED) is 0.890. The molecule has 1 N–H and O–H groups in total. The third-order valence-corrected chi connectivity index (χ3v) is 3.31. The number of carbonyl (C=O) groups excluding carboxylic acids is 1. The van der Waals surface area contributed by atoms with Gasteiger partial charge in [-0.1, -0.05) is 29.3 Å². The minimum absolute atomic E-state index is 0.130. The highest BCUT2D eigenvalue weighted by Gasteiger charge is 2.13. The summed E-state index contributed by atoms with van der Waals surface area (Å²) >= 11 is 11.9. The van der Waals surface area contributed by atoms with Gasteiger partial charge in [0.1, 0.15) is 11.6 Å². The van der Waals surface area contributed by atoms with E-state index in [0.717, 1.165) is 18.2 Å². The van der Waals surface area contributed by atoms with E-state index in [0.29, 0.717) is 15.6 Å². The first-order valence-corrected chi connectivity index (χ1v) is 6.41. The van der Waals surface area contributed by atoms with Crippen molar-refractivity contribution in [3.63, 3.8) is 0 Å². The maximum Gasteiger partial charge on any atom is 0.228 e. The second-order valence-electron chi connectivity index (χ2n) is 4.05. The van der Waals surface area contributed by atoms with E-state index in [-0.39, 0.29) is 12.1 Å². The Morgan fingerprint density at radius 3 is 2.40 bits per heavy atom. The van der Waals surface area contributed by atoms with Gasteiger partial charge in [0.25, 0.3) is 0 Å². The van der Waals surface area contributed by atoms with Gasteiger partial charge >= 0.3 is 0 Å². The molecule has 2 aromatic carbocycles. The van der Waals surface area contributed by atoms with Crippen LogP contribution in [-0.4, -0.2) is 5.91 Å². The van der Waals surface area contributed by atoms with Gasteiger partial charge in [0.05, 0.1) is 12.1 Å². The van der Waals surface area contributed by atoms with Crippen LogP contribution in [0.2, 0.25) is 10.0 Å². The molecular weight excluding hydrogens is 307 g/mol. The number of hydrogen-bond donors (Lipinski definition) is 1. The highest BCUT2D eigenvalue weighted by atomic mass is 35.5. The summed E-state index contributed by atoms with van der Waals surface area (Å²) in [5.74, 6) is -1.90. The maximum absolute atomic E-state index is 13.4. The van der Waals surface area contributed by atoms with E-state index in [1.165, 1.54) is 0 Å². The van der Waals surface area contributed by atoms with E-state index in [1.807, 2.05) is 0 Å². The Morgan fingerprint density at radius 1 is 1.10 bits per heavy atom. The summed E-state index contributed by atoms with van der Waals surface area (Å²) < 4.78 is 26.4. The van der Waals surface area contributed by atoms with Crippen LogP contribution in [0.4, 0.5) is 14.5 Å². The minimum atomic E-state index is -0.718. The Balaban J connectivity index is 2.15. The SMILES string of the molecule is O=C(Cc1c(Cl)cccc1Cl)Nc1cc(F)ccc1F. The fraction of sp³-hybridized carbons (Fsp3) is 0.0714. The van der Waals surface area contributed by atoms with Crippen molar-refractivity contribution in [2.45, 2.75) is 6.42 Å². The predicted octanol–water partition coefficient (Wildman–Crippen LogP) is 4.45. The van der Waals surface area contributed by atoms with E-state index in [4.69, 9.17) is 23.2 Å². The molecule has 0 saturated carbocycles. The molecule has 0 bridgehead atoms. The lowest BCUT2D eigenvalue weighted by molar-refractivity contribution is -0.115. The zero-order chi connectivity index (χ0) is 14.7. The average Bonchev–Trinajstić information content (AvgIpc) is 2.38. The van der Waals surface area contributed by atoms with E-state index in [2.05, 4.69) is 5.32 Å². The van der Waals surface area contributed by atoms with Gasteiger partial charge in [-0.15, -0.1) is 0 Å². The number of carbonyl (C=O) groups is 1. The van der Waals surface area contributed by atoms with E-state index < -0.39 is 17.5 Å². The fourth-order valence-corrected chi connectivity index (χ4v) is 2.18. The van der Waals surface area contributed by atoms with Gasteiger partial charge in [-0.25, -0.2) is 8.78 Å². The second kappa shape index (κ2) is 6.20. The molecule has 0 aliphatic rings. The molecule has 0 spiro atoms. The van der Waals surface area contributed by atoms with Crippen LogP contribution in [0.25, 0.3) is 0 Å². The number of nitrogens with one attached hydrogen (secondary N) is 1. The molecule has 0 aliphatic heterocycles. The zero-order valence-corrected chi connectivity index (χ0v) is 11.6. The summed E-state index contributed by atoms with van der Waals surface area (Å²) in [6, 6.07) is 7.65. The molecule has 1 amide bonds. The van der Waals surface area contributed by atoms with Gasteiger partial charge in [-0.2, -0.15) is 0 Å². The topological polar surface area (TPSA) is 29.1 Å². The summed E-state index contributed by atoms with van der Waals surface area (Å²) in [6.07, 6.45) is -0.130. The molecule has 0 fully saturated rings. The molecule has 20 heavy (non-hydrogen) atoms. The van der Waals surface area contributed by atoms with Crippen molar-refractivity contribution >= 4 is 34.8 Å². The Kier molecular flexibility index (Phi) is 4.57. The molecule has 2 rings (SSSR count). The zero-order valence-electron chi connectivity index (χ0n) is 10.1. The van der Waals surface area contributed by atoms with Gasteiger partial charge in [0, 0.05) is 16.1 Å². The number of hydrogen-bond acceptors (Lipinski definition) is 1. The summed E-state index contributed by atoms with van der Waals surface area (Å²) in [7, 11) is 0. The van der Waals surface area contributed by atoms with Crippen molar-refractivity contribution in [1.29, 1.82) is 0 Å². The van der Waals surface area contributed by atoms with Crippen LogP contribution in [0.1, 0.15) is 5.56 Å². The second-order valence-corrected chi connectivity index (χ2v) is 4.86. The first kappa shape index (κ1) is 14.8. The Hall–Kier alpha value is -1.65. The molecule has 2 aromatic rings. The number of anilines is 1. The van der Waals surface area contributed by atoms with Crippen LogP contribution in [-0.2, 0) is 11.2 Å². The summed E-state index contributed by atoms with van der Waals surface area (Å²) in [4.78, 5) is 11.8. The molecule has 2 nitrogen and oxygen atoms in total. The predicted molar refractivity (Wildman–Crippen MR) is 75.2 cm³/mol. The normalized spacial score (nSPS) is 10.4. The van der Waals surface area contributed by atoms with E-state index in [9.17, 15) is 13.6 Å². The van der Waals surface area contributed by atoms with Crippen LogP contribution < -0.4 is 5.32 Å². The minimum Gasteiger partial charge on any atom is -0.323 e. The Labute approximate surface area is 124 Å². The monoisotopic (exact) mass is 315 g/mol. The number of halogens is 4. The van der Waals surface area contributed by atoms with Crippen molar-refractivity contribution in [2.75, 3.05) is 5.32 Å². The average molecular weight is 316 g/mol. The smallest absolute Gasteiger partial charge is 0.228 e. The van der Waals surface area contributed by atoms with Gasteiger partial charge in [-0.3, -0.25) is 4.79 Å². The maximum atomic E-state index is 13.4. The van der Waals surface area contributed by atoms with Crippen LogP contribution in [0.15, 0.2) is 36.4 Å². The van der Waals surface area contributed by atoms with Crippen molar-refractivity contribution in [3.05, 3.63) is 63.6 Å². The molecule has 104 valence electrons. The molecule has 0 saturated heterocycles. The third kappa shape index (κ3) is 3.46. The third-order valence-electron chi connectivity index (χ3n) is 2.60. The molecule has 0 heterocycles. The molecule has 0 aromatic heterocycles. The van der Waals surface area contributed by atoms with Crippen molar-refractivity contribution in [1.82, 2.24) is 0 Å². The number of rotatable bonds is 3. The fourth-order valence-electron chi connectivity index (χ4n) is 1.65. The lowest BCUT2D eigenvalue weighted by Crippen LogP contribution is -2.16. The van der Waals surface area contributed by atoms with Crippen LogP contribution in [0.3, 0.4) is 0 Å². The van der Waals surface area contributed by atoms with Gasteiger partial charge < -0.3 is 5.32 Å². The van der Waals surface area contributed by atoms with Crippen LogP contribution in [0, 0.1) is 11.6 Å². The van der Waals surface area contributed by atoms with Crippen molar-refractivity contribution in [2.24, 2.45) is 0 Å². The number of benzene rings is 2. The largest absolute Gasteiger partial charge is 0.323 e. The van der Waals surface area contributed by atoms with Gasteiger partial charge in [0.2, 0.25) is 5.91 Å². The molecular formula is C14H9Cl2F2NO. The van der Waals surface area contributed by atoms with Crippen molar-refractivity contribution < 1.29 is 13.6 Å². The Bertz CT molecular complexity index is 641. The summed E-state index contributed by atoms with van der Waals surface area (Å²) in [6.45, 7) is 0. The van der Waals surface area contributed by atoms with E-state index >= 15 is 0 Å². The summed E-state index contributed by atoms with van der Waals surface area (Å²) in [5.41, 5.74) is 0.211. The first-order valence-electron chi connectivity index (χ1n) is 5.65. The lowest BCUT2D eigenvalue weighted by atomic mass is 10.1. The van der Waals surface area contributed by atoms with Crippen LogP contribution in [0.5, 0.6) is 0 Å². The highest BCUT2D eigenvalue weighted by molar-refractivity contribution is 6.36. The Morgan fingerprint density at radius 2 is 1.75 bits per heavy atom. The molecule has 6 heteroatoms. The van der Waals surface area contributed by atoms with Crippen LogP contribution >= 0.6 is 23.2 Å². The molecule has 0 unspecified atom stereocenters. The standard InChI is InChI=1S/C14H9Cl2F2NO/c15-10-2-1-3-11(16)9(10)7-14(20)19-13-6-8(17)4-5-12(13)18/h1-6H,7H2,(H,19,20). The molecule has 0 atom stereocenters. The highest BCUT2D eigenvalue weighted by Crippen LogP contribution is 2.25. The number of amides is 1. The lowest BCUT2D eigenvalue weighted by Gasteiger charge is -2.09. The van der Waals surface area contributed by atoms with Gasteiger partial charge in [0.15, 0.2) is 0 Å². The molecule has 0 aliphatic carbocycles. The van der Waals surface area contributed by atoms with Crippen molar-refractivity contribution in [3.8, 4) is 0 Å². The molecule has 0 radical (unpaired) electrons. The van der Waals surface area contributed by atoms with E-state index in [1.54, 1.807) is 18.2 Å². The van der Waals surface area contributed by atoms with Gasteiger partial charge in [-0.05, 0) is 29.8 Å². The first-order chi connectivity index (χ1) is 9.47. The summed E-state index contributed by atoms with van der Waals surface area (Å²) in [5, 5.41) is 2.96.